The summed E-state index contributed by atoms with van der Waals surface area (Å²) in [5, 5.41) is 11.9. The van der Waals surface area contributed by atoms with Gasteiger partial charge in [0.1, 0.15) is 5.69 Å². The highest BCUT2D eigenvalue weighted by Crippen LogP contribution is 2.28. The minimum absolute atomic E-state index is 0.0107. The molecule has 1 amide bonds. The summed E-state index contributed by atoms with van der Waals surface area (Å²) in [6.45, 7) is 2.80. The van der Waals surface area contributed by atoms with Crippen molar-refractivity contribution in [1.82, 2.24) is 10.3 Å². The molecule has 0 saturated heterocycles. The van der Waals surface area contributed by atoms with Crippen LogP contribution in [0.5, 0.6) is 0 Å². The lowest BCUT2D eigenvalue weighted by molar-refractivity contribution is 0.0689. The molecule has 2 rings (SSSR count). The first-order valence-electron chi connectivity index (χ1n) is 7.06. The maximum atomic E-state index is 12.1. The molecular weight excluding hydrogens is 256 g/mol. The van der Waals surface area contributed by atoms with Crippen LogP contribution in [-0.2, 0) is 0 Å². The average Bonchev–Trinajstić information content (AvgIpc) is 2.46. The first-order chi connectivity index (χ1) is 9.59. The van der Waals surface area contributed by atoms with Crippen LogP contribution in [0.25, 0.3) is 0 Å². The number of nitrogens with one attached hydrogen (secondary N) is 1. The van der Waals surface area contributed by atoms with Crippen LogP contribution in [0.1, 0.15) is 53.5 Å². The predicted molar refractivity (Wildman–Crippen MR) is 74.7 cm³/mol. The quantitative estimate of drug-likeness (QED) is 0.884. The SMILES string of the molecule is CC1CCCCC1CNC(=O)c1ncccc1C(=O)O. The molecule has 1 aliphatic carbocycles. The van der Waals surface area contributed by atoms with Crippen LogP contribution in [0, 0.1) is 11.8 Å². The molecule has 5 heteroatoms. The van der Waals surface area contributed by atoms with Gasteiger partial charge in [0, 0.05) is 12.7 Å². The van der Waals surface area contributed by atoms with Gasteiger partial charge in [-0.05, 0) is 30.4 Å². The fourth-order valence-corrected chi connectivity index (χ4v) is 2.76. The van der Waals surface area contributed by atoms with Gasteiger partial charge in [0.2, 0.25) is 0 Å². The fourth-order valence-electron chi connectivity index (χ4n) is 2.76. The number of carbonyl (C=O) groups excluding carboxylic acids is 1. The van der Waals surface area contributed by atoms with Gasteiger partial charge in [-0.2, -0.15) is 0 Å². The Kier molecular flexibility index (Phi) is 4.71. The standard InChI is InChI=1S/C15H20N2O3/c1-10-5-2-3-6-11(10)9-17-14(18)13-12(15(19)20)7-4-8-16-13/h4,7-8,10-11H,2-3,5-6,9H2,1H3,(H,17,18)(H,19,20). The van der Waals surface area contributed by atoms with E-state index < -0.39 is 11.9 Å². The molecule has 1 saturated carbocycles. The molecule has 0 aromatic carbocycles. The predicted octanol–water partition coefficient (Wildman–Crippen LogP) is 2.34. The highest BCUT2D eigenvalue weighted by atomic mass is 16.4. The van der Waals surface area contributed by atoms with Crippen LogP contribution < -0.4 is 5.32 Å². The number of hydrogen-bond donors (Lipinski definition) is 2. The molecule has 1 aromatic rings. The Morgan fingerprint density at radius 1 is 1.40 bits per heavy atom. The number of carboxylic acids is 1. The molecule has 1 aromatic heterocycles. The number of aromatic carboxylic acids is 1. The number of carbonyl (C=O) groups is 2. The van der Waals surface area contributed by atoms with E-state index in [2.05, 4.69) is 17.2 Å². The van der Waals surface area contributed by atoms with Gasteiger partial charge in [0.15, 0.2) is 0 Å². The summed E-state index contributed by atoms with van der Waals surface area (Å²) in [5.74, 6) is -0.452. The molecule has 0 spiro atoms. The lowest BCUT2D eigenvalue weighted by Crippen LogP contribution is -2.34. The summed E-state index contributed by atoms with van der Waals surface area (Å²) >= 11 is 0. The summed E-state index contributed by atoms with van der Waals surface area (Å²) in [4.78, 5) is 27.0. The molecule has 2 atom stereocenters. The number of hydrogen-bond acceptors (Lipinski definition) is 3. The topological polar surface area (TPSA) is 79.3 Å². The van der Waals surface area contributed by atoms with E-state index in [0.717, 1.165) is 6.42 Å². The molecule has 20 heavy (non-hydrogen) atoms. The second-order valence-corrected chi connectivity index (χ2v) is 5.44. The van der Waals surface area contributed by atoms with Gasteiger partial charge in [-0.3, -0.25) is 9.78 Å². The number of amides is 1. The van der Waals surface area contributed by atoms with E-state index in [-0.39, 0.29) is 11.3 Å². The van der Waals surface area contributed by atoms with Gasteiger partial charge in [-0.25, -0.2) is 4.79 Å². The Bertz CT molecular complexity index is 502. The van der Waals surface area contributed by atoms with Crippen molar-refractivity contribution in [3.63, 3.8) is 0 Å². The van der Waals surface area contributed by atoms with Crippen molar-refractivity contribution in [2.45, 2.75) is 32.6 Å². The lowest BCUT2D eigenvalue weighted by Gasteiger charge is -2.28. The minimum atomic E-state index is -1.13. The number of nitrogens with zero attached hydrogens (tertiary/aromatic N) is 1. The van der Waals surface area contributed by atoms with Crippen molar-refractivity contribution >= 4 is 11.9 Å². The third-order valence-corrected chi connectivity index (χ3v) is 4.07. The van der Waals surface area contributed by atoms with Crippen LogP contribution in [0.3, 0.4) is 0 Å². The largest absolute Gasteiger partial charge is 0.478 e. The molecule has 0 aliphatic heterocycles. The molecule has 1 heterocycles. The Balaban J connectivity index is 2.00. The third-order valence-electron chi connectivity index (χ3n) is 4.07. The molecule has 2 unspecified atom stereocenters. The molecule has 1 fully saturated rings. The first-order valence-corrected chi connectivity index (χ1v) is 7.06. The normalized spacial score (nSPS) is 22.2. The summed E-state index contributed by atoms with van der Waals surface area (Å²) in [6.07, 6.45) is 6.22. The second-order valence-electron chi connectivity index (χ2n) is 5.44. The van der Waals surface area contributed by atoms with Crippen molar-refractivity contribution in [2.24, 2.45) is 11.8 Å². The minimum Gasteiger partial charge on any atom is -0.478 e. The van der Waals surface area contributed by atoms with E-state index in [9.17, 15) is 9.59 Å². The highest BCUT2D eigenvalue weighted by molar-refractivity contribution is 6.03. The zero-order valence-electron chi connectivity index (χ0n) is 11.6. The number of aromatic nitrogens is 1. The van der Waals surface area contributed by atoms with Gasteiger partial charge in [0.05, 0.1) is 5.56 Å². The van der Waals surface area contributed by atoms with Gasteiger partial charge >= 0.3 is 5.97 Å². The monoisotopic (exact) mass is 276 g/mol. The van der Waals surface area contributed by atoms with E-state index in [1.54, 1.807) is 0 Å². The maximum Gasteiger partial charge on any atom is 0.338 e. The molecule has 5 nitrogen and oxygen atoms in total. The zero-order chi connectivity index (χ0) is 14.5. The average molecular weight is 276 g/mol. The molecule has 2 N–H and O–H groups in total. The van der Waals surface area contributed by atoms with Gasteiger partial charge in [0.25, 0.3) is 5.91 Å². The van der Waals surface area contributed by atoms with Crippen LogP contribution in [-0.4, -0.2) is 28.5 Å². The van der Waals surface area contributed by atoms with Crippen LogP contribution in [0.15, 0.2) is 18.3 Å². The molecule has 108 valence electrons. The number of pyridine rings is 1. The van der Waals surface area contributed by atoms with Gasteiger partial charge < -0.3 is 10.4 Å². The Hall–Kier alpha value is -1.91. The molecule has 1 aliphatic rings. The molecule has 0 radical (unpaired) electrons. The van der Waals surface area contributed by atoms with Crippen LogP contribution in [0.2, 0.25) is 0 Å². The van der Waals surface area contributed by atoms with Crippen LogP contribution in [0.4, 0.5) is 0 Å². The van der Waals surface area contributed by atoms with Crippen molar-refractivity contribution in [3.8, 4) is 0 Å². The second kappa shape index (κ2) is 6.50. The third kappa shape index (κ3) is 3.35. The lowest BCUT2D eigenvalue weighted by atomic mass is 9.80. The highest BCUT2D eigenvalue weighted by Gasteiger charge is 2.23. The van der Waals surface area contributed by atoms with E-state index in [4.69, 9.17) is 5.11 Å². The van der Waals surface area contributed by atoms with E-state index >= 15 is 0 Å². The summed E-state index contributed by atoms with van der Waals surface area (Å²) in [7, 11) is 0. The molecular formula is C15H20N2O3. The summed E-state index contributed by atoms with van der Waals surface area (Å²) in [6, 6.07) is 2.91. The fraction of sp³-hybridized carbons (Fsp3) is 0.533. The maximum absolute atomic E-state index is 12.1. The Labute approximate surface area is 118 Å². The van der Waals surface area contributed by atoms with Crippen LogP contribution >= 0.6 is 0 Å². The Morgan fingerprint density at radius 3 is 2.85 bits per heavy atom. The van der Waals surface area contributed by atoms with Gasteiger partial charge in [-0.15, -0.1) is 0 Å². The van der Waals surface area contributed by atoms with E-state index in [1.807, 2.05) is 0 Å². The summed E-state index contributed by atoms with van der Waals surface area (Å²) < 4.78 is 0. The van der Waals surface area contributed by atoms with Crippen molar-refractivity contribution in [3.05, 3.63) is 29.6 Å². The zero-order valence-corrected chi connectivity index (χ0v) is 11.6. The first kappa shape index (κ1) is 14.5. The number of rotatable bonds is 4. The number of carboxylic acid groups (broad SMARTS) is 1. The molecule has 0 bridgehead atoms. The van der Waals surface area contributed by atoms with Gasteiger partial charge in [-0.1, -0.05) is 26.2 Å². The smallest absolute Gasteiger partial charge is 0.338 e. The van der Waals surface area contributed by atoms with E-state index in [0.29, 0.717) is 18.4 Å². The Morgan fingerprint density at radius 2 is 2.15 bits per heavy atom. The van der Waals surface area contributed by atoms with Crippen molar-refractivity contribution < 1.29 is 14.7 Å². The van der Waals surface area contributed by atoms with E-state index in [1.165, 1.54) is 37.6 Å². The van der Waals surface area contributed by atoms with Crippen molar-refractivity contribution in [1.29, 1.82) is 0 Å². The summed E-state index contributed by atoms with van der Waals surface area (Å²) in [5.41, 5.74) is -0.0647. The van der Waals surface area contributed by atoms with Crippen molar-refractivity contribution in [2.75, 3.05) is 6.54 Å².